The molecule has 0 spiro atoms. The van der Waals surface area contributed by atoms with Gasteiger partial charge in [-0.2, -0.15) is 0 Å². The summed E-state index contributed by atoms with van der Waals surface area (Å²) in [4.78, 5) is 29.5. The number of nitrogens with zero attached hydrogens (tertiary/aromatic N) is 2. The van der Waals surface area contributed by atoms with Crippen LogP contribution in [0.3, 0.4) is 0 Å². The molecular weight excluding hydrogens is 372 g/mol. The number of hydrogen-bond donors (Lipinski definition) is 0. The third kappa shape index (κ3) is 3.99. The highest BCUT2D eigenvalue weighted by Gasteiger charge is 2.41. The molecule has 0 aliphatic carbocycles. The zero-order valence-corrected chi connectivity index (χ0v) is 17.4. The van der Waals surface area contributed by atoms with Gasteiger partial charge >= 0.3 is 0 Å². The smallest absolute Gasteiger partial charge is 0.258 e. The van der Waals surface area contributed by atoms with Gasteiger partial charge in [0, 0.05) is 12.2 Å². The summed E-state index contributed by atoms with van der Waals surface area (Å²) in [6, 6.07) is 12.4. The first-order chi connectivity index (χ1) is 13.8. The largest absolute Gasteiger partial charge is 0.497 e. The number of amides is 2. The third-order valence-electron chi connectivity index (χ3n) is 5.01. The van der Waals surface area contributed by atoms with Crippen LogP contribution in [0.25, 0.3) is 0 Å². The van der Waals surface area contributed by atoms with Crippen molar-refractivity contribution in [2.24, 2.45) is 0 Å². The summed E-state index contributed by atoms with van der Waals surface area (Å²) in [6.45, 7) is 4.24. The van der Waals surface area contributed by atoms with Gasteiger partial charge in [-0.1, -0.05) is 0 Å². The van der Waals surface area contributed by atoms with Crippen molar-refractivity contribution in [1.82, 2.24) is 4.90 Å². The van der Waals surface area contributed by atoms with Gasteiger partial charge in [-0.05, 0) is 56.3 Å². The van der Waals surface area contributed by atoms with E-state index >= 15 is 0 Å². The van der Waals surface area contributed by atoms with Crippen LogP contribution in [-0.2, 0) is 4.79 Å². The molecule has 29 heavy (non-hydrogen) atoms. The monoisotopic (exact) mass is 398 g/mol. The highest BCUT2D eigenvalue weighted by molar-refractivity contribution is 6.04. The van der Waals surface area contributed by atoms with Crippen LogP contribution in [-0.4, -0.2) is 56.7 Å². The van der Waals surface area contributed by atoms with Crippen molar-refractivity contribution in [2.45, 2.75) is 19.4 Å². The maximum absolute atomic E-state index is 13.2. The molecule has 2 aromatic carbocycles. The Morgan fingerprint density at radius 1 is 0.931 bits per heavy atom. The SMILES string of the molecule is COc1ccc(N2C(=O)CN(C(=O)c3cc(OC)ccc3OC)CC2(C)C)cc1. The molecule has 2 aromatic rings. The quantitative estimate of drug-likeness (QED) is 0.775. The first-order valence-electron chi connectivity index (χ1n) is 9.29. The number of carbonyl (C=O) groups excluding carboxylic acids is 2. The Bertz CT molecular complexity index is 908. The van der Waals surface area contributed by atoms with E-state index in [9.17, 15) is 9.59 Å². The van der Waals surface area contributed by atoms with E-state index in [1.54, 1.807) is 35.1 Å². The molecule has 1 aliphatic heterocycles. The van der Waals surface area contributed by atoms with Crippen LogP contribution >= 0.6 is 0 Å². The van der Waals surface area contributed by atoms with Crippen molar-refractivity contribution in [1.29, 1.82) is 0 Å². The van der Waals surface area contributed by atoms with E-state index in [0.717, 1.165) is 11.4 Å². The van der Waals surface area contributed by atoms with E-state index in [0.29, 0.717) is 23.6 Å². The van der Waals surface area contributed by atoms with Crippen molar-refractivity contribution in [2.75, 3.05) is 39.3 Å². The summed E-state index contributed by atoms with van der Waals surface area (Å²) in [7, 11) is 4.65. The second-order valence-corrected chi connectivity index (χ2v) is 7.47. The second-order valence-electron chi connectivity index (χ2n) is 7.47. The molecule has 154 valence electrons. The number of rotatable bonds is 5. The standard InChI is InChI=1S/C22H26N2O5/c1-22(2)14-23(21(26)18-12-17(28-4)10-11-19(18)29-5)13-20(25)24(22)15-6-8-16(27-3)9-7-15/h6-12H,13-14H2,1-5H3. The van der Waals surface area contributed by atoms with Crippen molar-refractivity contribution in [3.05, 3.63) is 48.0 Å². The van der Waals surface area contributed by atoms with Gasteiger partial charge in [-0.3, -0.25) is 9.59 Å². The predicted octanol–water partition coefficient (Wildman–Crippen LogP) is 2.98. The maximum Gasteiger partial charge on any atom is 0.258 e. The number of benzene rings is 2. The van der Waals surface area contributed by atoms with Crippen molar-refractivity contribution in [3.8, 4) is 17.2 Å². The Hall–Kier alpha value is -3.22. The highest BCUT2D eigenvalue weighted by Crippen LogP contribution is 2.32. The van der Waals surface area contributed by atoms with Crippen molar-refractivity contribution >= 4 is 17.5 Å². The Labute approximate surface area is 170 Å². The fourth-order valence-electron chi connectivity index (χ4n) is 3.69. The Kier molecular flexibility index (Phi) is 5.68. The molecule has 7 heteroatoms. The topological polar surface area (TPSA) is 68.3 Å². The molecular formula is C22H26N2O5. The van der Waals surface area contributed by atoms with Gasteiger partial charge in [-0.15, -0.1) is 0 Å². The average molecular weight is 398 g/mol. The van der Waals surface area contributed by atoms with E-state index in [2.05, 4.69) is 0 Å². The molecule has 2 amide bonds. The summed E-state index contributed by atoms with van der Waals surface area (Å²) < 4.78 is 15.8. The van der Waals surface area contributed by atoms with Gasteiger partial charge in [0.1, 0.15) is 23.8 Å². The molecule has 0 atom stereocenters. The first kappa shape index (κ1) is 20.5. The highest BCUT2D eigenvalue weighted by atomic mass is 16.5. The normalized spacial score (nSPS) is 15.8. The van der Waals surface area contributed by atoms with Crippen LogP contribution in [0.1, 0.15) is 24.2 Å². The molecule has 7 nitrogen and oxygen atoms in total. The van der Waals surface area contributed by atoms with Crippen molar-refractivity contribution < 1.29 is 23.8 Å². The number of ether oxygens (including phenoxy) is 3. The van der Waals surface area contributed by atoms with Gasteiger partial charge in [-0.25, -0.2) is 0 Å². The van der Waals surface area contributed by atoms with Crippen LogP contribution in [0.2, 0.25) is 0 Å². The number of carbonyl (C=O) groups is 2. The summed E-state index contributed by atoms with van der Waals surface area (Å²) in [5.41, 5.74) is 0.547. The summed E-state index contributed by atoms with van der Waals surface area (Å²) in [5.74, 6) is 1.30. The maximum atomic E-state index is 13.2. The van der Waals surface area contributed by atoms with Crippen LogP contribution in [0, 0.1) is 0 Å². The van der Waals surface area contributed by atoms with Gasteiger partial charge in [0.05, 0.1) is 32.4 Å². The Morgan fingerprint density at radius 3 is 2.10 bits per heavy atom. The average Bonchev–Trinajstić information content (AvgIpc) is 2.72. The molecule has 0 bridgehead atoms. The van der Waals surface area contributed by atoms with Crippen LogP contribution in [0.4, 0.5) is 5.69 Å². The van der Waals surface area contributed by atoms with E-state index < -0.39 is 5.54 Å². The van der Waals surface area contributed by atoms with Crippen LogP contribution in [0.15, 0.2) is 42.5 Å². The van der Waals surface area contributed by atoms with E-state index in [1.807, 2.05) is 38.1 Å². The zero-order chi connectivity index (χ0) is 21.2. The first-order valence-corrected chi connectivity index (χ1v) is 9.29. The molecule has 0 aromatic heterocycles. The van der Waals surface area contributed by atoms with Gasteiger partial charge in [0.15, 0.2) is 0 Å². The molecule has 0 radical (unpaired) electrons. The van der Waals surface area contributed by atoms with Gasteiger partial charge < -0.3 is 24.0 Å². The lowest BCUT2D eigenvalue weighted by atomic mass is 9.96. The molecule has 1 fully saturated rings. The Morgan fingerprint density at radius 2 is 1.55 bits per heavy atom. The summed E-state index contributed by atoms with van der Waals surface area (Å²) in [5, 5.41) is 0. The minimum Gasteiger partial charge on any atom is -0.497 e. The van der Waals surface area contributed by atoms with E-state index in [4.69, 9.17) is 14.2 Å². The fourth-order valence-corrected chi connectivity index (χ4v) is 3.69. The minimum atomic E-state index is -0.592. The van der Waals surface area contributed by atoms with Gasteiger partial charge in [0.2, 0.25) is 5.91 Å². The lowest BCUT2D eigenvalue weighted by Gasteiger charge is -2.46. The van der Waals surface area contributed by atoms with E-state index in [1.165, 1.54) is 14.2 Å². The number of piperazine rings is 1. The minimum absolute atomic E-state index is 0.0192. The summed E-state index contributed by atoms with van der Waals surface area (Å²) >= 11 is 0. The molecule has 3 rings (SSSR count). The molecule has 0 unspecified atom stereocenters. The lowest BCUT2D eigenvalue weighted by molar-refractivity contribution is -0.122. The third-order valence-corrected chi connectivity index (χ3v) is 5.01. The lowest BCUT2D eigenvalue weighted by Crippen LogP contribution is -2.63. The number of methoxy groups -OCH3 is 3. The Balaban J connectivity index is 1.88. The van der Waals surface area contributed by atoms with Gasteiger partial charge in [0.25, 0.3) is 5.91 Å². The zero-order valence-electron chi connectivity index (χ0n) is 17.4. The van der Waals surface area contributed by atoms with E-state index in [-0.39, 0.29) is 18.4 Å². The molecule has 0 saturated carbocycles. The molecule has 1 saturated heterocycles. The number of hydrogen-bond acceptors (Lipinski definition) is 5. The summed E-state index contributed by atoms with van der Waals surface area (Å²) in [6.07, 6.45) is 0. The molecule has 0 N–H and O–H groups in total. The van der Waals surface area contributed by atoms with Crippen LogP contribution < -0.4 is 19.1 Å². The predicted molar refractivity (Wildman–Crippen MR) is 110 cm³/mol. The number of anilines is 1. The molecule has 1 heterocycles. The molecule has 1 aliphatic rings. The van der Waals surface area contributed by atoms with Crippen molar-refractivity contribution in [3.63, 3.8) is 0 Å². The fraction of sp³-hybridized carbons (Fsp3) is 0.364. The van der Waals surface area contributed by atoms with Crippen LogP contribution in [0.5, 0.6) is 17.2 Å². The second kappa shape index (κ2) is 8.03.